The number of hydrogen-bond donors (Lipinski definition) is 1. The third kappa shape index (κ3) is 3.74. The van der Waals surface area contributed by atoms with E-state index in [1.807, 2.05) is 0 Å². The molecule has 0 aliphatic heterocycles. The van der Waals surface area contributed by atoms with Gasteiger partial charge in [-0.2, -0.15) is 0 Å². The Labute approximate surface area is 187 Å². The lowest BCUT2D eigenvalue weighted by molar-refractivity contribution is -0.0575. The van der Waals surface area contributed by atoms with Gasteiger partial charge in [-0.3, -0.25) is 0 Å². The molecule has 0 amide bonds. The summed E-state index contributed by atoms with van der Waals surface area (Å²) in [7, 11) is 0. The molecule has 0 aromatic carbocycles. The number of aliphatic hydroxyl groups is 1. The third-order valence-electron chi connectivity index (χ3n) is 11.3. The van der Waals surface area contributed by atoms with Crippen LogP contribution < -0.4 is 0 Å². The molecule has 0 bridgehead atoms. The topological polar surface area (TPSA) is 20.2 Å². The molecule has 30 heavy (non-hydrogen) atoms. The van der Waals surface area contributed by atoms with Crippen LogP contribution >= 0.6 is 0 Å². The standard InChI is InChI=1S/C29H50O/c1-7-21(19(2)3)9-8-20(4)25-12-13-26-24-11-10-22-18-23(30)14-16-28(22,5)27(24)15-17-29(25,26)6/h10,19-21,23-27,30H,7-9,11-18H2,1-6H3/t20-,21-,23-,24+,25-,26-,27+,28+,29-/m1/s1. The maximum Gasteiger partial charge on any atom is 0.0577 e. The fraction of sp³-hybridized carbons (Fsp3) is 0.931. The molecule has 172 valence electrons. The van der Waals surface area contributed by atoms with Gasteiger partial charge in [0.2, 0.25) is 0 Å². The summed E-state index contributed by atoms with van der Waals surface area (Å²) in [4.78, 5) is 0. The van der Waals surface area contributed by atoms with Crippen LogP contribution in [-0.4, -0.2) is 11.2 Å². The van der Waals surface area contributed by atoms with Crippen LogP contribution in [0, 0.1) is 52.3 Å². The second-order valence-electron chi connectivity index (χ2n) is 12.9. The molecule has 9 atom stereocenters. The van der Waals surface area contributed by atoms with E-state index in [4.69, 9.17) is 0 Å². The first-order chi connectivity index (χ1) is 14.2. The minimum Gasteiger partial charge on any atom is -0.393 e. The van der Waals surface area contributed by atoms with Gasteiger partial charge in [0.15, 0.2) is 0 Å². The molecule has 4 rings (SSSR count). The summed E-state index contributed by atoms with van der Waals surface area (Å²) in [6, 6.07) is 0. The zero-order valence-corrected chi connectivity index (χ0v) is 20.9. The van der Waals surface area contributed by atoms with E-state index in [1.165, 1.54) is 57.8 Å². The molecule has 4 aliphatic carbocycles. The Hall–Kier alpha value is -0.300. The summed E-state index contributed by atoms with van der Waals surface area (Å²) >= 11 is 0. The number of fused-ring (bicyclic) bond motifs is 5. The van der Waals surface area contributed by atoms with E-state index in [9.17, 15) is 5.11 Å². The Morgan fingerprint density at radius 2 is 1.77 bits per heavy atom. The van der Waals surface area contributed by atoms with Crippen molar-refractivity contribution in [3.63, 3.8) is 0 Å². The Balaban J connectivity index is 1.47. The van der Waals surface area contributed by atoms with Crippen LogP contribution in [0.1, 0.15) is 112 Å². The number of hydrogen-bond acceptors (Lipinski definition) is 1. The van der Waals surface area contributed by atoms with Crippen LogP contribution in [-0.2, 0) is 0 Å². The van der Waals surface area contributed by atoms with E-state index in [-0.39, 0.29) is 6.10 Å². The van der Waals surface area contributed by atoms with E-state index >= 15 is 0 Å². The van der Waals surface area contributed by atoms with Crippen molar-refractivity contribution in [1.82, 2.24) is 0 Å². The fourth-order valence-electron chi connectivity index (χ4n) is 9.30. The number of aliphatic hydroxyl groups excluding tert-OH is 1. The number of rotatable bonds is 6. The summed E-state index contributed by atoms with van der Waals surface area (Å²) in [5.41, 5.74) is 2.59. The molecule has 1 N–H and O–H groups in total. The van der Waals surface area contributed by atoms with Crippen molar-refractivity contribution in [1.29, 1.82) is 0 Å². The molecule has 1 nitrogen and oxygen atoms in total. The predicted molar refractivity (Wildman–Crippen MR) is 128 cm³/mol. The highest BCUT2D eigenvalue weighted by molar-refractivity contribution is 5.25. The molecule has 0 saturated heterocycles. The zero-order chi connectivity index (χ0) is 21.7. The average molecular weight is 415 g/mol. The van der Waals surface area contributed by atoms with Crippen molar-refractivity contribution in [3.05, 3.63) is 11.6 Å². The molecule has 1 heteroatoms. The van der Waals surface area contributed by atoms with Gasteiger partial charge in [-0.1, -0.05) is 66.0 Å². The van der Waals surface area contributed by atoms with Gasteiger partial charge in [0.1, 0.15) is 0 Å². The van der Waals surface area contributed by atoms with Gasteiger partial charge in [0, 0.05) is 0 Å². The first kappa shape index (κ1) is 22.9. The summed E-state index contributed by atoms with van der Waals surface area (Å²) in [5, 5.41) is 10.2. The Morgan fingerprint density at radius 1 is 1.00 bits per heavy atom. The summed E-state index contributed by atoms with van der Waals surface area (Å²) < 4.78 is 0. The highest BCUT2D eigenvalue weighted by Crippen LogP contribution is 2.67. The predicted octanol–water partition coefficient (Wildman–Crippen LogP) is 8.02. The average Bonchev–Trinajstić information content (AvgIpc) is 3.06. The zero-order valence-electron chi connectivity index (χ0n) is 20.9. The first-order valence-corrected chi connectivity index (χ1v) is 13.6. The SMILES string of the molecule is CC[C@H](CC[C@@H](C)[C@H]1CC[C@@H]2[C@@H]3CC=C4C[C@H](O)CC[C@]4(C)[C@H]3CC[C@@]21C)C(C)C. The maximum absolute atomic E-state index is 10.2. The summed E-state index contributed by atoms with van der Waals surface area (Å²) in [5.74, 6) is 6.31. The van der Waals surface area contributed by atoms with E-state index < -0.39 is 0 Å². The van der Waals surface area contributed by atoms with Gasteiger partial charge in [-0.05, 0) is 110 Å². The van der Waals surface area contributed by atoms with Crippen molar-refractivity contribution >= 4 is 0 Å². The van der Waals surface area contributed by atoms with Gasteiger partial charge < -0.3 is 5.11 Å². The van der Waals surface area contributed by atoms with Gasteiger partial charge in [-0.15, -0.1) is 0 Å². The largest absolute Gasteiger partial charge is 0.393 e. The first-order valence-electron chi connectivity index (χ1n) is 13.6. The molecular formula is C29H50O. The minimum absolute atomic E-state index is 0.0794. The van der Waals surface area contributed by atoms with E-state index in [1.54, 1.807) is 5.57 Å². The normalized spacial score (nSPS) is 45.3. The Morgan fingerprint density at radius 3 is 2.47 bits per heavy atom. The molecule has 0 spiro atoms. The van der Waals surface area contributed by atoms with Gasteiger partial charge >= 0.3 is 0 Å². The molecule has 0 radical (unpaired) electrons. The molecule has 3 saturated carbocycles. The van der Waals surface area contributed by atoms with Crippen LogP contribution in [0.15, 0.2) is 11.6 Å². The molecule has 0 aromatic rings. The lowest BCUT2D eigenvalue weighted by Gasteiger charge is -2.58. The number of allylic oxidation sites excluding steroid dienone is 1. The Kier molecular flexibility index (Phi) is 6.53. The summed E-state index contributed by atoms with van der Waals surface area (Å²) in [6.45, 7) is 15.1. The van der Waals surface area contributed by atoms with Gasteiger partial charge in [0.05, 0.1) is 6.10 Å². The summed E-state index contributed by atoms with van der Waals surface area (Å²) in [6.07, 6.45) is 17.1. The molecule has 0 aromatic heterocycles. The lowest BCUT2D eigenvalue weighted by atomic mass is 9.47. The molecule has 3 fully saturated rings. The van der Waals surface area contributed by atoms with Crippen molar-refractivity contribution in [2.75, 3.05) is 0 Å². The second-order valence-corrected chi connectivity index (χ2v) is 12.9. The Bertz CT molecular complexity index is 634. The van der Waals surface area contributed by atoms with Crippen molar-refractivity contribution in [2.24, 2.45) is 52.3 Å². The van der Waals surface area contributed by atoms with Crippen molar-refractivity contribution in [2.45, 2.75) is 118 Å². The maximum atomic E-state index is 10.2. The fourth-order valence-corrected chi connectivity index (χ4v) is 9.30. The minimum atomic E-state index is -0.0794. The van der Waals surface area contributed by atoms with Crippen LogP contribution in [0.5, 0.6) is 0 Å². The second kappa shape index (κ2) is 8.57. The van der Waals surface area contributed by atoms with Crippen molar-refractivity contribution in [3.8, 4) is 0 Å². The molecular weight excluding hydrogens is 364 g/mol. The van der Waals surface area contributed by atoms with Crippen LogP contribution in [0.25, 0.3) is 0 Å². The van der Waals surface area contributed by atoms with Gasteiger partial charge in [0.25, 0.3) is 0 Å². The van der Waals surface area contributed by atoms with Crippen LogP contribution in [0.3, 0.4) is 0 Å². The van der Waals surface area contributed by atoms with Crippen molar-refractivity contribution < 1.29 is 5.11 Å². The van der Waals surface area contributed by atoms with E-state index in [0.29, 0.717) is 10.8 Å². The van der Waals surface area contributed by atoms with Crippen LogP contribution in [0.2, 0.25) is 0 Å². The molecule has 0 heterocycles. The van der Waals surface area contributed by atoms with E-state index in [2.05, 4.69) is 47.6 Å². The van der Waals surface area contributed by atoms with E-state index in [0.717, 1.165) is 54.3 Å². The highest BCUT2D eigenvalue weighted by Gasteiger charge is 2.59. The third-order valence-corrected chi connectivity index (χ3v) is 11.3. The monoisotopic (exact) mass is 414 g/mol. The lowest BCUT2D eigenvalue weighted by Crippen LogP contribution is -2.50. The quantitative estimate of drug-likeness (QED) is 0.436. The van der Waals surface area contributed by atoms with Gasteiger partial charge in [-0.25, -0.2) is 0 Å². The molecule has 0 unspecified atom stereocenters. The highest BCUT2D eigenvalue weighted by atomic mass is 16.3. The van der Waals surface area contributed by atoms with Crippen LogP contribution in [0.4, 0.5) is 0 Å². The molecule has 4 aliphatic rings. The smallest absolute Gasteiger partial charge is 0.0577 e.